The summed E-state index contributed by atoms with van der Waals surface area (Å²) in [6, 6.07) is 10.6. The molecule has 1 heterocycles. The summed E-state index contributed by atoms with van der Waals surface area (Å²) in [7, 11) is 0. The van der Waals surface area contributed by atoms with Gasteiger partial charge in [-0.2, -0.15) is 0 Å². The molecule has 0 atom stereocenters. The Labute approximate surface area is 129 Å². The summed E-state index contributed by atoms with van der Waals surface area (Å²) >= 11 is 1.67. The SMILES string of the molecule is NCC#Cc1ccc(COc2ccc3c(c2)CCCC3)s1. The Hall–Kier alpha value is -1.76. The fourth-order valence-corrected chi connectivity index (χ4v) is 3.41. The van der Waals surface area contributed by atoms with Crippen molar-refractivity contribution in [1.82, 2.24) is 0 Å². The van der Waals surface area contributed by atoms with Gasteiger partial charge in [0.2, 0.25) is 0 Å². The van der Waals surface area contributed by atoms with Crippen LogP contribution in [0.25, 0.3) is 0 Å². The summed E-state index contributed by atoms with van der Waals surface area (Å²) < 4.78 is 5.91. The molecule has 2 aromatic rings. The van der Waals surface area contributed by atoms with Gasteiger partial charge in [0.1, 0.15) is 12.4 Å². The lowest BCUT2D eigenvalue weighted by Crippen LogP contribution is -2.03. The second kappa shape index (κ2) is 6.80. The molecular weight excluding hydrogens is 278 g/mol. The number of hydrogen-bond acceptors (Lipinski definition) is 3. The molecule has 3 rings (SSSR count). The van der Waals surface area contributed by atoms with Crippen LogP contribution in [0, 0.1) is 11.8 Å². The first-order valence-electron chi connectivity index (χ1n) is 7.37. The Balaban J connectivity index is 1.63. The normalized spacial score (nSPS) is 13.2. The number of benzene rings is 1. The number of aryl methyl sites for hydroxylation is 2. The zero-order valence-corrected chi connectivity index (χ0v) is 12.8. The molecule has 3 heteroatoms. The molecule has 0 amide bonds. The first kappa shape index (κ1) is 14.2. The summed E-state index contributed by atoms with van der Waals surface area (Å²) in [5.74, 6) is 6.90. The molecule has 0 saturated heterocycles. The largest absolute Gasteiger partial charge is 0.488 e. The summed E-state index contributed by atoms with van der Waals surface area (Å²) in [5.41, 5.74) is 8.33. The highest BCUT2D eigenvalue weighted by Crippen LogP contribution is 2.26. The van der Waals surface area contributed by atoms with Crippen molar-refractivity contribution in [2.24, 2.45) is 5.73 Å². The number of nitrogens with two attached hydrogens (primary N) is 1. The minimum atomic E-state index is 0.402. The first-order chi connectivity index (χ1) is 10.3. The van der Waals surface area contributed by atoms with Crippen LogP contribution in [-0.4, -0.2) is 6.54 Å². The maximum Gasteiger partial charge on any atom is 0.122 e. The summed E-state index contributed by atoms with van der Waals surface area (Å²) in [4.78, 5) is 2.23. The highest BCUT2D eigenvalue weighted by Gasteiger charge is 2.10. The van der Waals surface area contributed by atoms with Crippen LogP contribution < -0.4 is 10.5 Å². The van der Waals surface area contributed by atoms with Gasteiger partial charge in [-0.05, 0) is 61.1 Å². The van der Waals surface area contributed by atoms with E-state index in [4.69, 9.17) is 10.5 Å². The molecule has 21 heavy (non-hydrogen) atoms. The number of ether oxygens (including phenoxy) is 1. The third-order valence-electron chi connectivity index (χ3n) is 3.68. The van der Waals surface area contributed by atoms with Crippen molar-refractivity contribution >= 4 is 11.3 Å². The molecule has 0 spiro atoms. The summed E-state index contributed by atoms with van der Waals surface area (Å²) in [6.07, 6.45) is 5.01. The van der Waals surface area contributed by atoms with E-state index in [-0.39, 0.29) is 0 Å². The zero-order valence-electron chi connectivity index (χ0n) is 12.0. The van der Waals surface area contributed by atoms with E-state index in [1.165, 1.54) is 41.7 Å². The monoisotopic (exact) mass is 297 g/mol. The molecule has 0 fully saturated rings. The van der Waals surface area contributed by atoms with Gasteiger partial charge < -0.3 is 10.5 Å². The maximum absolute atomic E-state index is 5.91. The third kappa shape index (κ3) is 3.66. The molecule has 0 aliphatic heterocycles. The summed E-state index contributed by atoms with van der Waals surface area (Å²) in [6.45, 7) is 1.01. The summed E-state index contributed by atoms with van der Waals surface area (Å²) in [5, 5.41) is 0. The van der Waals surface area contributed by atoms with Crippen molar-refractivity contribution in [3.8, 4) is 17.6 Å². The minimum Gasteiger partial charge on any atom is -0.488 e. The molecule has 108 valence electrons. The van der Waals surface area contributed by atoms with E-state index in [9.17, 15) is 0 Å². The van der Waals surface area contributed by atoms with Crippen molar-refractivity contribution in [2.75, 3.05) is 6.54 Å². The quantitative estimate of drug-likeness (QED) is 0.880. The predicted octanol–water partition coefficient (Wildman–Crippen LogP) is 3.52. The van der Waals surface area contributed by atoms with Gasteiger partial charge in [-0.1, -0.05) is 17.9 Å². The van der Waals surface area contributed by atoms with Crippen LogP contribution in [0.3, 0.4) is 0 Å². The molecule has 1 aromatic carbocycles. The van der Waals surface area contributed by atoms with Crippen molar-refractivity contribution < 1.29 is 4.74 Å². The van der Waals surface area contributed by atoms with Gasteiger partial charge in [0.05, 0.1) is 11.4 Å². The third-order valence-corrected chi connectivity index (χ3v) is 4.65. The number of hydrogen-bond donors (Lipinski definition) is 1. The van der Waals surface area contributed by atoms with E-state index in [2.05, 4.69) is 36.1 Å². The second-order valence-electron chi connectivity index (χ2n) is 5.20. The van der Waals surface area contributed by atoms with Gasteiger partial charge >= 0.3 is 0 Å². The smallest absolute Gasteiger partial charge is 0.122 e. The maximum atomic E-state index is 5.91. The standard InChI is InChI=1S/C18H19NOS/c19-11-3-6-17-9-10-18(21-17)13-20-16-8-7-14-4-1-2-5-15(14)12-16/h7-10,12H,1-2,4-5,11,13,19H2. The molecule has 1 aliphatic carbocycles. The van der Waals surface area contributed by atoms with Gasteiger partial charge in [0.15, 0.2) is 0 Å². The lowest BCUT2D eigenvalue weighted by molar-refractivity contribution is 0.309. The van der Waals surface area contributed by atoms with Crippen LogP contribution in [0.5, 0.6) is 5.75 Å². The lowest BCUT2D eigenvalue weighted by Gasteiger charge is -2.16. The lowest BCUT2D eigenvalue weighted by atomic mass is 9.92. The van der Waals surface area contributed by atoms with Crippen LogP contribution in [-0.2, 0) is 19.4 Å². The van der Waals surface area contributed by atoms with Crippen LogP contribution in [0.2, 0.25) is 0 Å². The van der Waals surface area contributed by atoms with E-state index < -0.39 is 0 Å². The second-order valence-corrected chi connectivity index (χ2v) is 6.37. The Kier molecular flexibility index (Phi) is 4.59. The molecule has 0 bridgehead atoms. The van der Waals surface area contributed by atoms with Crippen molar-refractivity contribution in [3.05, 3.63) is 51.2 Å². The molecule has 0 radical (unpaired) electrons. The van der Waals surface area contributed by atoms with Gasteiger partial charge in [-0.15, -0.1) is 11.3 Å². The Morgan fingerprint density at radius 3 is 2.81 bits per heavy atom. The molecular formula is C18H19NOS. The number of thiophene rings is 1. The zero-order chi connectivity index (χ0) is 14.5. The molecule has 0 saturated carbocycles. The van der Waals surface area contributed by atoms with Gasteiger partial charge in [0.25, 0.3) is 0 Å². The fourth-order valence-electron chi connectivity index (χ4n) is 2.61. The van der Waals surface area contributed by atoms with Crippen LogP contribution in [0.1, 0.15) is 33.7 Å². The number of fused-ring (bicyclic) bond motifs is 1. The fraction of sp³-hybridized carbons (Fsp3) is 0.333. The average Bonchev–Trinajstić information content (AvgIpc) is 2.98. The van der Waals surface area contributed by atoms with Gasteiger partial charge in [-0.25, -0.2) is 0 Å². The van der Waals surface area contributed by atoms with Crippen LogP contribution >= 0.6 is 11.3 Å². The molecule has 1 aliphatic rings. The van der Waals surface area contributed by atoms with Crippen molar-refractivity contribution in [2.45, 2.75) is 32.3 Å². The average molecular weight is 297 g/mol. The van der Waals surface area contributed by atoms with E-state index in [0.717, 1.165) is 10.6 Å². The molecule has 2 nitrogen and oxygen atoms in total. The Morgan fingerprint density at radius 2 is 1.95 bits per heavy atom. The predicted molar refractivity (Wildman–Crippen MR) is 87.7 cm³/mol. The molecule has 2 N–H and O–H groups in total. The van der Waals surface area contributed by atoms with Gasteiger partial charge in [-0.3, -0.25) is 0 Å². The highest BCUT2D eigenvalue weighted by molar-refractivity contribution is 7.12. The Morgan fingerprint density at radius 1 is 1.10 bits per heavy atom. The van der Waals surface area contributed by atoms with E-state index >= 15 is 0 Å². The number of rotatable bonds is 3. The van der Waals surface area contributed by atoms with Crippen LogP contribution in [0.15, 0.2) is 30.3 Å². The molecule has 1 aromatic heterocycles. The topological polar surface area (TPSA) is 35.2 Å². The highest BCUT2D eigenvalue weighted by atomic mass is 32.1. The Bertz CT molecular complexity index is 678. The van der Waals surface area contributed by atoms with Crippen molar-refractivity contribution in [1.29, 1.82) is 0 Å². The van der Waals surface area contributed by atoms with E-state index in [1.54, 1.807) is 11.3 Å². The van der Waals surface area contributed by atoms with E-state index in [0.29, 0.717) is 13.2 Å². The van der Waals surface area contributed by atoms with Crippen molar-refractivity contribution in [3.63, 3.8) is 0 Å². The van der Waals surface area contributed by atoms with E-state index in [1.807, 2.05) is 6.07 Å². The van der Waals surface area contributed by atoms with Crippen LogP contribution in [0.4, 0.5) is 0 Å². The molecule has 0 unspecified atom stereocenters. The van der Waals surface area contributed by atoms with Gasteiger partial charge in [0, 0.05) is 4.88 Å². The minimum absolute atomic E-state index is 0.402. The first-order valence-corrected chi connectivity index (χ1v) is 8.19.